The summed E-state index contributed by atoms with van der Waals surface area (Å²) < 4.78 is 1.92. The number of rotatable bonds is 7. The maximum Gasteiger partial charge on any atom is 0.228 e. The van der Waals surface area contributed by atoms with Crippen molar-refractivity contribution < 1.29 is 4.79 Å². The SMILES string of the molecule is Cc1nc(C)n(CCCNC(=O)[C@]2(Cc3ccccc3)C[C@@H]3CC[C@H]2N3)n1.Cl.Cl. The Balaban J connectivity index is 0.00000150. The average molecular weight is 440 g/mol. The lowest BCUT2D eigenvalue weighted by molar-refractivity contribution is -0.132. The highest BCUT2D eigenvalue weighted by Gasteiger charge is 2.55. The molecule has 2 N–H and O–H groups in total. The molecule has 2 saturated heterocycles. The Hall–Kier alpha value is -1.63. The van der Waals surface area contributed by atoms with Gasteiger partial charge in [-0.25, -0.2) is 4.98 Å². The number of nitrogens with one attached hydrogen (secondary N) is 2. The number of fused-ring (bicyclic) bond motifs is 2. The van der Waals surface area contributed by atoms with E-state index in [1.54, 1.807) is 0 Å². The number of carbonyl (C=O) groups is 1. The molecule has 2 fully saturated rings. The van der Waals surface area contributed by atoms with Gasteiger partial charge in [-0.05, 0) is 51.5 Å². The zero-order valence-corrected chi connectivity index (χ0v) is 18.7. The molecule has 3 atom stereocenters. The van der Waals surface area contributed by atoms with Crippen LogP contribution in [0.25, 0.3) is 0 Å². The summed E-state index contributed by atoms with van der Waals surface area (Å²) in [6.45, 7) is 5.32. The Morgan fingerprint density at radius 3 is 2.59 bits per heavy atom. The molecular weight excluding hydrogens is 409 g/mol. The predicted octanol–water partition coefficient (Wildman–Crippen LogP) is 3.00. The molecule has 29 heavy (non-hydrogen) atoms. The zero-order chi connectivity index (χ0) is 18.9. The van der Waals surface area contributed by atoms with Gasteiger partial charge in [-0.3, -0.25) is 9.48 Å². The number of aromatic nitrogens is 3. The van der Waals surface area contributed by atoms with Gasteiger partial charge in [0.15, 0.2) is 0 Å². The van der Waals surface area contributed by atoms with E-state index in [2.05, 4.69) is 45.0 Å². The van der Waals surface area contributed by atoms with E-state index in [-0.39, 0.29) is 36.1 Å². The maximum atomic E-state index is 13.3. The number of amides is 1. The molecule has 2 aliphatic heterocycles. The van der Waals surface area contributed by atoms with Crippen LogP contribution >= 0.6 is 24.8 Å². The van der Waals surface area contributed by atoms with Crippen LogP contribution in [0.5, 0.6) is 0 Å². The molecule has 8 heteroatoms. The van der Waals surface area contributed by atoms with Crippen LogP contribution < -0.4 is 10.6 Å². The molecule has 6 nitrogen and oxygen atoms in total. The molecule has 2 bridgehead atoms. The summed E-state index contributed by atoms with van der Waals surface area (Å²) in [5, 5.41) is 11.3. The second kappa shape index (κ2) is 9.92. The van der Waals surface area contributed by atoms with E-state index < -0.39 is 0 Å². The Labute approximate surface area is 185 Å². The summed E-state index contributed by atoms with van der Waals surface area (Å²) in [6, 6.07) is 11.2. The fourth-order valence-corrected chi connectivity index (χ4v) is 4.86. The monoisotopic (exact) mass is 439 g/mol. The van der Waals surface area contributed by atoms with Gasteiger partial charge in [0, 0.05) is 25.2 Å². The first kappa shape index (κ1) is 23.6. The molecule has 1 amide bonds. The standard InChI is InChI=1S/C21H29N5O.2ClH/c1-15-23-16(2)26(25-15)12-6-11-22-20(27)21(13-17-7-4-3-5-8-17)14-18-9-10-19(21)24-18;;/h3-5,7-8,18-19,24H,6,9-14H2,1-2H3,(H,22,27);2*1H/t18-,19+,21+;;/m0../s1. The van der Waals surface area contributed by atoms with Gasteiger partial charge in [-0.15, -0.1) is 24.8 Å². The molecule has 2 aliphatic rings. The minimum Gasteiger partial charge on any atom is -0.355 e. The smallest absolute Gasteiger partial charge is 0.228 e. The van der Waals surface area contributed by atoms with Gasteiger partial charge >= 0.3 is 0 Å². The molecule has 0 spiro atoms. The lowest BCUT2D eigenvalue weighted by Gasteiger charge is -2.35. The van der Waals surface area contributed by atoms with Crippen LogP contribution in [0, 0.1) is 19.3 Å². The molecule has 0 saturated carbocycles. The largest absolute Gasteiger partial charge is 0.355 e. The van der Waals surface area contributed by atoms with E-state index in [0.717, 1.165) is 43.9 Å². The third-order valence-electron chi connectivity index (χ3n) is 6.13. The number of hydrogen-bond acceptors (Lipinski definition) is 4. The molecular formula is C21H31Cl2N5O. The molecule has 0 radical (unpaired) electrons. The van der Waals surface area contributed by atoms with Gasteiger partial charge in [-0.1, -0.05) is 30.3 Å². The van der Waals surface area contributed by atoms with E-state index in [9.17, 15) is 4.79 Å². The summed E-state index contributed by atoms with van der Waals surface area (Å²) in [4.78, 5) is 17.6. The van der Waals surface area contributed by atoms with Crippen molar-refractivity contribution in [3.63, 3.8) is 0 Å². The van der Waals surface area contributed by atoms with Gasteiger partial charge < -0.3 is 10.6 Å². The number of hydrogen-bond donors (Lipinski definition) is 2. The highest BCUT2D eigenvalue weighted by molar-refractivity contribution is 5.86. The first-order chi connectivity index (χ1) is 13.1. The highest BCUT2D eigenvalue weighted by Crippen LogP contribution is 2.45. The van der Waals surface area contributed by atoms with E-state index in [0.29, 0.717) is 18.6 Å². The topological polar surface area (TPSA) is 71.8 Å². The van der Waals surface area contributed by atoms with Crippen molar-refractivity contribution in [2.75, 3.05) is 6.54 Å². The van der Waals surface area contributed by atoms with Crippen LogP contribution in [-0.4, -0.2) is 39.3 Å². The minimum atomic E-state index is -0.315. The molecule has 1 aromatic carbocycles. The maximum absolute atomic E-state index is 13.3. The Morgan fingerprint density at radius 1 is 1.24 bits per heavy atom. The number of carbonyl (C=O) groups excluding carboxylic acids is 1. The van der Waals surface area contributed by atoms with Gasteiger partial charge in [0.05, 0.1) is 5.41 Å². The third-order valence-corrected chi connectivity index (χ3v) is 6.13. The second-order valence-corrected chi connectivity index (χ2v) is 8.05. The van der Waals surface area contributed by atoms with Crippen molar-refractivity contribution in [3.05, 3.63) is 47.5 Å². The molecule has 4 rings (SSSR count). The lowest BCUT2D eigenvalue weighted by atomic mass is 9.69. The average Bonchev–Trinajstić information content (AvgIpc) is 3.34. The van der Waals surface area contributed by atoms with Crippen LogP contribution in [0.15, 0.2) is 30.3 Å². The third kappa shape index (κ3) is 4.93. The van der Waals surface area contributed by atoms with Crippen LogP contribution in [0.2, 0.25) is 0 Å². The molecule has 3 heterocycles. The van der Waals surface area contributed by atoms with E-state index in [1.165, 1.54) is 12.0 Å². The Kier molecular flexibility index (Phi) is 8.09. The molecule has 2 aromatic rings. The molecule has 1 aromatic heterocycles. The molecule has 160 valence electrons. The molecule has 0 aliphatic carbocycles. The fourth-order valence-electron chi connectivity index (χ4n) is 4.86. The number of benzene rings is 1. The van der Waals surface area contributed by atoms with Gasteiger partial charge in [0.25, 0.3) is 0 Å². The first-order valence-electron chi connectivity index (χ1n) is 10.0. The number of nitrogens with zero attached hydrogens (tertiary/aromatic N) is 3. The van der Waals surface area contributed by atoms with Crippen molar-refractivity contribution in [2.24, 2.45) is 5.41 Å². The van der Waals surface area contributed by atoms with Crippen LogP contribution in [0.4, 0.5) is 0 Å². The van der Waals surface area contributed by atoms with E-state index >= 15 is 0 Å². The van der Waals surface area contributed by atoms with Gasteiger partial charge in [0.1, 0.15) is 11.6 Å². The number of halogens is 2. The number of aryl methyl sites for hydroxylation is 3. The van der Waals surface area contributed by atoms with Crippen molar-refractivity contribution in [2.45, 2.75) is 64.6 Å². The van der Waals surface area contributed by atoms with Gasteiger partial charge in [-0.2, -0.15) is 5.10 Å². The minimum absolute atomic E-state index is 0. The Morgan fingerprint density at radius 2 is 2.00 bits per heavy atom. The van der Waals surface area contributed by atoms with Crippen molar-refractivity contribution in [1.82, 2.24) is 25.4 Å². The van der Waals surface area contributed by atoms with Crippen LogP contribution in [0.1, 0.15) is 42.9 Å². The highest BCUT2D eigenvalue weighted by atomic mass is 35.5. The quantitative estimate of drug-likeness (QED) is 0.650. The van der Waals surface area contributed by atoms with Crippen molar-refractivity contribution in [1.29, 1.82) is 0 Å². The van der Waals surface area contributed by atoms with Gasteiger partial charge in [0.2, 0.25) is 5.91 Å². The first-order valence-corrected chi connectivity index (χ1v) is 10.0. The summed E-state index contributed by atoms with van der Waals surface area (Å²) in [7, 11) is 0. The summed E-state index contributed by atoms with van der Waals surface area (Å²) in [5.74, 6) is 1.93. The van der Waals surface area contributed by atoms with Crippen molar-refractivity contribution >= 4 is 30.7 Å². The Bertz CT molecular complexity index is 813. The van der Waals surface area contributed by atoms with E-state index in [4.69, 9.17) is 0 Å². The zero-order valence-electron chi connectivity index (χ0n) is 17.1. The summed E-state index contributed by atoms with van der Waals surface area (Å²) in [5.41, 5.74) is 0.931. The summed E-state index contributed by atoms with van der Waals surface area (Å²) in [6.07, 6.45) is 4.91. The predicted molar refractivity (Wildman–Crippen MR) is 119 cm³/mol. The van der Waals surface area contributed by atoms with Crippen LogP contribution in [-0.2, 0) is 17.8 Å². The second-order valence-electron chi connectivity index (χ2n) is 8.05. The summed E-state index contributed by atoms with van der Waals surface area (Å²) >= 11 is 0. The normalized spacial score (nSPS) is 24.6. The fraction of sp³-hybridized carbons (Fsp3) is 0.571. The van der Waals surface area contributed by atoms with Crippen LogP contribution in [0.3, 0.4) is 0 Å². The lowest BCUT2D eigenvalue weighted by Crippen LogP contribution is -2.50. The van der Waals surface area contributed by atoms with Crippen molar-refractivity contribution in [3.8, 4) is 0 Å². The van der Waals surface area contributed by atoms with E-state index in [1.807, 2.05) is 24.6 Å². The molecule has 0 unspecified atom stereocenters.